The van der Waals surface area contributed by atoms with Crippen LogP contribution in [0, 0.1) is 0 Å². The van der Waals surface area contributed by atoms with Crippen molar-refractivity contribution >= 4 is 11.6 Å². The zero-order chi connectivity index (χ0) is 15.7. The molecule has 0 aliphatic heterocycles. The molecule has 1 rings (SSSR count). The molecule has 0 unspecified atom stereocenters. The molecular formula is C16H27N3O2. The second-order valence-electron chi connectivity index (χ2n) is 5.49. The number of benzene rings is 1. The molecule has 118 valence electrons. The van der Waals surface area contributed by atoms with Gasteiger partial charge in [-0.2, -0.15) is 0 Å². The molecular weight excluding hydrogens is 266 g/mol. The Bertz CT molecular complexity index is 433. The maximum Gasteiger partial charge on any atom is 0.221 e. The van der Waals surface area contributed by atoms with Gasteiger partial charge in [-0.3, -0.25) is 4.79 Å². The highest BCUT2D eigenvalue weighted by atomic mass is 16.5. The van der Waals surface area contributed by atoms with Gasteiger partial charge in [-0.15, -0.1) is 0 Å². The molecule has 0 heterocycles. The van der Waals surface area contributed by atoms with E-state index in [4.69, 9.17) is 4.74 Å². The molecule has 5 nitrogen and oxygen atoms in total. The summed E-state index contributed by atoms with van der Waals surface area (Å²) in [5.41, 5.74) is 0.923. The Morgan fingerprint density at radius 2 is 1.95 bits per heavy atom. The maximum atomic E-state index is 11.7. The number of ether oxygens (including phenoxy) is 1. The lowest BCUT2D eigenvalue weighted by Gasteiger charge is -2.15. The van der Waals surface area contributed by atoms with Crippen LogP contribution in [0.5, 0.6) is 5.75 Å². The molecule has 0 aromatic heterocycles. The Kier molecular flexibility index (Phi) is 7.61. The number of hydrogen-bond donors (Lipinski definition) is 2. The summed E-state index contributed by atoms with van der Waals surface area (Å²) in [5, 5.41) is 6.15. The van der Waals surface area contributed by atoms with E-state index in [0.717, 1.165) is 18.0 Å². The molecule has 0 fully saturated rings. The van der Waals surface area contributed by atoms with Gasteiger partial charge in [0.1, 0.15) is 5.75 Å². The van der Waals surface area contributed by atoms with Crippen molar-refractivity contribution in [2.75, 3.05) is 39.0 Å². The zero-order valence-corrected chi connectivity index (χ0v) is 13.5. The van der Waals surface area contributed by atoms with Crippen LogP contribution in [-0.2, 0) is 4.79 Å². The third-order valence-corrected chi connectivity index (χ3v) is 2.80. The molecule has 0 bridgehead atoms. The van der Waals surface area contributed by atoms with Crippen molar-refractivity contribution < 1.29 is 9.53 Å². The van der Waals surface area contributed by atoms with Crippen LogP contribution >= 0.6 is 0 Å². The highest BCUT2D eigenvalue weighted by molar-refractivity contribution is 5.76. The summed E-state index contributed by atoms with van der Waals surface area (Å²) in [6.07, 6.45) is 0.575. The quantitative estimate of drug-likeness (QED) is 0.731. The normalized spacial score (nSPS) is 10.8. The van der Waals surface area contributed by atoms with E-state index in [-0.39, 0.29) is 12.0 Å². The number of amides is 1. The Hall–Kier alpha value is -1.75. The Balaban J connectivity index is 2.33. The van der Waals surface area contributed by atoms with E-state index in [1.807, 2.05) is 57.1 Å². The van der Waals surface area contributed by atoms with Gasteiger partial charge in [0.2, 0.25) is 5.91 Å². The standard InChI is InChI=1S/C16H27N3O2/c1-13(2)21-15-8-6-5-7-14(15)17-10-9-16(20)18-11-12-19(3)4/h5-8,13,17H,9-12H2,1-4H3,(H,18,20). The number of nitrogens with zero attached hydrogens (tertiary/aromatic N) is 1. The fourth-order valence-electron chi connectivity index (χ4n) is 1.79. The van der Waals surface area contributed by atoms with Crippen LogP contribution in [0.3, 0.4) is 0 Å². The van der Waals surface area contributed by atoms with Crippen molar-refractivity contribution in [3.05, 3.63) is 24.3 Å². The Labute approximate surface area is 127 Å². The summed E-state index contributed by atoms with van der Waals surface area (Å²) in [4.78, 5) is 13.7. The Morgan fingerprint density at radius 3 is 2.62 bits per heavy atom. The monoisotopic (exact) mass is 293 g/mol. The van der Waals surface area contributed by atoms with Crippen molar-refractivity contribution in [2.45, 2.75) is 26.4 Å². The average Bonchev–Trinajstić information content (AvgIpc) is 2.39. The third kappa shape index (κ3) is 7.56. The van der Waals surface area contributed by atoms with Gasteiger partial charge in [0.05, 0.1) is 11.8 Å². The number of carbonyl (C=O) groups is 1. The van der Waals surface area contributed by atoms with Crippen LogP contribution in [0.1, 0.15) is 20.3 Å². The highest BCUT2D eigenvalue weighted by Crippen LogP contribution is 2.24. The number of carbonyl (C=O) groups excluding carboxylic acids is 1. The van der Waals surface area contributed by atoms with Crippen molar-refractivity contribution in [1.29, 1.82) is 0 Å². The van der Waals surface area contributed by atoms with Crippen LogP contribution in [0.4, 0.5) is 5.69 Å². The summed E-state index contributed by atoms with van der Waals surface area (Å²) >= 11 is 0. The molecule has 2 N–H and O–H groups in total. The fourth-order valence-corrected chi connectivity index (χ4v) is 1.79. The van der Waals surface area contributed by atoms with E-state index in [0.29, 0.717) is 19.5 Å². The first-order chi connectivity index (χ1) is 9.99. The van der Waals surface area contributed by atoms with Crippen molar-refractivity contribution in [1.82, 2.24) is 10.2 Å². The minimum atomic E-state index is 0.0617. The fraction of sp³-hybridized carbons (Fsp3) is 0.562. The predicted molar refractivity (Wildman–Crippen MR) is 86.9 cm³/mol. The molecule has 5 heteroatoms. The molecule has 21 heavy (non-hydrogen) atoms. The van der Waals surface area contributed by atoms with Crippen molar-refractivity contribution in [3.8, 4) is 5.75 Å². The van der Waals surface area contributed by atoms with Crippen LogP contribution in [0.25, 0.3) is 0 Å². The predicted octanol–water partition coefficient (Wildman–Crippen LogP) is 1.95. The number of anilines is 1. The molecule has 0 aliphatic carbocycles. The first-order valence-electron chi connectivity index (χ1n) is 7.40. The minimum absolute atomic E-state index is 0.0617. The van der Waals surface area contributed by atoms with E-state index < -0.39 is 0 Å². The minimum Gasteiger partial charge on any atom is -0.489 e. The molecule has 0 spiro atoms. The summed E-state index contributed by atoms with van der Waals surface area (Å²) in [6, 6.07) is 7.78. The van der Waals surface area contributed by atoms with Gasteiger partial charge < -0.3 is 20.3 Å². The van der Waals surface area contributed by atoms with Crippen LogP contribution in [0.2, 0.25) is 0 Å². The number of rotatable bonds is 9. The molecule has 0 saturated carbocycles. The summed E-state index contributed by atoms with van der Waals surface area (Å²) in [6.45, 7) is 6.11. The van der Waals surface area contributed by atoms with E-state index in [1.165, 1.54) is 0 Å². The van der Waals surface area contributed by atoms with Gasteiger partial charge in [0, 0.05) is 26.1 Å². The van der Waals surface area contributed by atoms with Gasteiger partial charge in [-0.05, 0) is 40.1 Å². The third-order valence-electron chi connectivity index (χ3n) is 2.80. The van der Waals surface area contributed by atoms with E-state index >= 15 is 0 Å². The molecule has 1 aromatic carbocycles. The molecule has 1 aromatic rings. The topological polar surface area (TPSA) is 53.6 Å². The largest absolute Gasteiger partial charge is 0.489 e. The smallest absolute Gasteiger partial charge is 0.221 e. The lowest BCUT2D eigenvalue weighted by atomic mass is 10.2. The van der Waals surface area contributed by atoms with Gasteiger partial charge >= 0.3 is 0 Å². The van der Waals surface area contributed by atoms with E-state index in [9.17, 15) is 4.79 Å². The summed E-state index contributed by atoms with van der Waals surface area (Å²) in [5.74, 6) is 0.882. The first-order valence-corrected chi connectivity index (χ1v) is 7.40. The van der Waals surface area contributed by atoms with E-state index in [2.05, 4.69) is 10.6 Å². The summed E-state index contributed by atoms with van der Waals surface area (Å²) in [7, 11) is 3.97. The van der Waals surface area contributed by atoms with Gasteiger partial charge in [0.15, 0.2) is 0 Å². The van der Waals surface area contributed by atoms with Gasteiger partial charge in [-0.1, -0.05) is 12.1 Å². The Morgan fingerprint density at radius 1 is 1.24 bits per heavy atom. The number of nitrogens with one attached hydrogen (secondary N) is 2. The van der Waals surface area contributed by atoms with Crippen LogP contribution in [0.15, 0.2) is 24.3 Å². The average molecular weight is 293 g/mol. The zero-order valence-electron chi connectivity index (χ0n) is 13.5. The first kappa shape index (κ1) is 17.3. The van der Waals surface area contributed by atoms with Gasteiger partial charge in [-0.25, -0.2) is 0 Å². The van der Waals surface area contributed by atoms with E-state index in [1.54, 1.807) is 0 Å². The molecule has 0 atom stereocenters. The number of para-hydroxylation sites is 2. The second kappa shape index (κ2) is 9.23. The second-order valence-corrected chi connectivity index (χ2v) is 5.49. The van der Waals surface area contributed by atoms with Crippen molar-refractivity contribution in [3.63, 3.8) is 0 Å². The molecule has 1 amide bonds. The van der Waals surface area contributed by atoms with Gasteiger partial charge in [0.25, 0.3) is 0 Å². The van der Waals surface area contributed by atoms with Crippen LogP contribution < -0.4 is 15.4 Å². The SMILES string of the molecule is CC(C)Oc1ccccc1NCCC(=O)NCCN(C)C. The molecule has 0 aliphatic rings. The highest BCUT2D eigenvalue weighted by Gasteiger charge is 2.05. The lowest BCUT2D eigenvalue weighted by Crippen LogP contribution is -2.32. The van der Waals surface area contributed by atoms with Crippen LogP contribution in [-0.4, -0.2) is 50.6 Å². The molecule has 0 saturated heterocycles. The lowest BCUT2D eigenvalue weighted by molar-refractivity contribution is -0.120. The summed E-state index contributed by atoms with van der Waals surface area (Å²) < 4.78 is 5.73. The maximum absolute atomic E-state index is 11.7. The number of likely N-dealkylation sites (N-methyl/N-ethyl adjacent to an activating group) is 1. The van der Waals surface area contributed by atoms with Crippen molar-refractivity contribution in [2.24, 2.45) is 0 Å². The molecule has 0 radical (unpaired) electrons. The number of hydrogen-bond acceptors (Lipinski definition) is 4.